The summed E-state index contributed by atoms with van der Waals surface area (Å²) < 4.78 is 41.2. The molecule has 2 heterocycles. The van der Waals surface area contributed by atoms with Crippen molar-refractivity contribution >= 4 is 5.71 Å². The number of H-pyrrole nitrogens is 1. The Bertz CT molecular complexity index is 510. The molecule has 6 nitrogen and oxygen atoms in total. The van der Waals surface area contributed by atoms with Gasteiger partial charge in [-0.1, -0.05) is 5.16 Å². The van der Waals surface area contributed by atoms with Gasteiger partial charge < -0.3 is 5.32 Å². The highest BCUT2D eigenvalue weighted by Crippen LogP contribution is 2.24. The molecular weight excluding hydrogens is 229 g/mol. The first kappa shape index (κ1) is 10.5. The molecule has 0 spiro atoms. The van der Waals surface area contributed by atoms with Crippen LogP contribution in [-0.2, 0) is 0 Å². The number of aliphatic imine (C=N–C) groups is 1. The van der Waals surface area contributed by atoms with Gasteiger partial charge in [-0.05, 0) is 6.08 Å². The number of halogens is 3. The summed E-state index contributed by atoms with van der Waals surface area (Å²) in [6.45, 7) is -0.241. The fraction of sp³-hybridized carbons (Fsp3) is 0.286. The minimum Gasteiger partial charge on any atom is -0.362 e. The van der Waals surface area contributed by atoms with E-state index in [1.165, 1.54) is 0 Å². The molecule has 2 rings (SSSR count). The zero-order chi connectivity index (χ0) is 11.8. The van der Waals surface area contributed by atoms with Crippen molar-refractivity contribution < 1.29 is 17.7 Å². The van der Waals surface area contributed by atoms with E-state index in [1.807, 2.05) is 0 Å². The van der Waals surface area contributed by atoms with Crippen molar-refractivity contribution in [1.82, 2.24) is 15.5 Å². The van der Waals surface area contributed by atoms with Crippen LogP contribution >= 0.6 is 0 Å². The lowest BCUT2D eigenvalue weighted by Crippen LogP contribution is -2.31. The van der Waals surface area contributed by atoms with E-state index < -0.39 is 17.6 Å². The quantitative estimate of drug-likeness (QED) is 0.724. The van der Waals surface area contributed by atoms with Gasteiger partial charge in [0.25, 0.3) is 0 Å². The first-order valence-corrected chi connectivity index (χ1v) is 4.10. The maximum absolute atomic E-state index is 12.3. The number of aromatic nitrogens is 2. The Kier molecular flexibility index (Phi) is 2.29. The third-order valence-corrected chi connectivity index (χ3v) is 1.79. The van der Waals surface area contributed by atoms with Gasteiger partial charge in [0.05, 0.1) is 0 Å². The van der Waals surface area contributed by atoms with Crippen LogP contribution in [0.5, 0.6) is 0 Å². The van der Waals surface area contributed by atoms with E-state index in [-0.39, 0.29) is 18.2 Å². The molecule has 1 aromatic heterocycles. The number of aromatic amines is 1. The molecule has 0 radical (unpaired) electrons. The molecule has 0 fully saturated rings. The predicted molar refractivity (Wildman–Crippen MR) is 45.8 cm³/mol. The topological polar surface area (TPSA) is 83.3 Å². The summed E-state index contributed by atoms with van der Waals surface area (Å²) in [5.74, 6) is -0.980. The summed E-state index contributed by atoms with van der Waals surface area (Å²) in [4.78, 5) is 16.4. The smallest absolute Gasteiger partial charge is 0.362 e. The maximum atomic E-state index is 12.3. The zero-order valence-corrected chi connectivity index (χ0v) is 7.63. The maximum Gasteiger partial charge on any atom is 0.439 e. The molecule has 0 amide bonds. The first-order chi connectivity index (χ1) is 7.47. The fourth-order valence-corrected chi connectivity index (χ4v) is 1.11. The first-order valence-electron chi connectivity index (χ1n) is 4.10. The van der Waals surface area contributed by atoms with Crippen LogP contribution in [0.25, 0.3) is 0 Å². The molecule has 9 heteroatoms. The summed E-state index contributed by atoms with van der Waals surface area (Å²) in [5, 5.41) is 5.31. The van der Waals surface area contributed by atoms with Gasteiger partial charge in [0.2, 0.25) is 5.82 Å². The molecule has 1 aliphatic heterocycles. The van der Waals surface area contributed by atoms with Crippen LogP contribution in [0.15, 0.2) is 26.1 Å². The van der Waals surface area contributed by atoms with Crippen molar-refractivity contribution in [2.75, 3.05) is 6.67 Å². The lowest BCUT2D eigenvalue weighted by molar-refractivity contribution is -0.0967. The van der Waals surface area contributed by atoms with E-state index in [1.54, 1.807) is 0 Å². The Morgan fingerprint density at radius 2 is 2.19 bits per heavy atom. The highest BCUT2D eigenvalue weighted by molar-refractivity contribution is 6.06. The van der Waals surface area contributed by atoms with Gasteiger partial charge in [0, 0.05) is 0 Å². The Morgan fingerprint density at radius 1 is 1.44 bits per heavy atom. The molecule has 2 N–H and O–H groups in total. The summed E-state index contributed by atoms with van der Waals surface area (Å²) in [6.07, 6.45) is -3.75. The Balaban J connectivity index is 2.34. The second-order valence-electron chi connectivity index (χ2n) is 2.88. The van der Waals surface area contributed by atoms with Gasteiger partial charge >= 0.3 is 11.9 Å². The van der Waals surface area contributed by atoms with E-state index in [2.05, 4.69) is 25.0 Å². The highest BCUT2D eigenvalue weighted by atomic mass is 19.4. The van der Waals surface area contributed by atoms with Crippen LogP contribution in [0.2, 0.25) is 0 Å². The van der Waals surface area contributed by atoms with Crippen molar-refractivity contribution in [3.63, 3.8) is 0 Å². The highest BCUT2D eigenvalue weighted by Gasteiger charge is 2.35. The van der Waals surface area contributed by atoms with Gasteiger partial charge in [0.1, 0.15) is 18.1 Å². The molecule has 86 valence electrons. The minimum atomic E-state index is -4.49. The van der Waals surface area contributed by atoms with Gasteiger partial charge in [-0.25, -0.2) is 4.79 Å². The van der Waals surface area contributed by atoms with E-state index in [9.17, 15) is 18.0 Å². The van der Waals surface area contributed by atoms with Crippen LogP contribution in [0.1, 0.15) is 5.82 Å². The fourth-order valence-electron chi connectivity index (χ4n) is 1.11. The Hall–Kier alpha value is -2.06. The van der Waals surface area contributed by atoms with E-state index in [4.69, 9.17) is 0 Å². The number of allylic oxidation sites excluding steroid dienone is 2. The van der Waals surface area contributed by atoms with Crippen LogP contribution in [0.3, 0.4) is 0 Å². The van der Waals surface area contributed by atoms with E-state index in [0.717, 1.165) is 6.08 Å². The van der Waals surface area contributed by atoms with Crippen LogP contribution < -0.4 is 11.1 Å². The molecule has 0 aromatic carbocycles. The van der Waals surface area contributed by atoms with Crippen molar-refractivity contribution in [2.45, 2.75) is 6.18 Å². The minimum absolute atomic E-state index is 0.0862. The molecule has 16 heavy (non-hydrogen) atoms. The number of hydrogen-bond acceptors (Lipinski definition) is 5. The standard InChI is InChI=1S/C7H5F3N4O2/c8-7(9,10)4-1-3(11-2-12-4)5-13-6(15)16-14-5/h1,12H,2H2,(H,13,14,15). The van der Waals surface area contributed by atoms with E-state index >= 15 is 0 Å². The Labute approximate surface area is 85.8 Å². The van der Waals surface area contributed by atoms with E-state index in [0.29, 0.717) is 0 Å². The van der Waals surface area contributed by atoms with Crippen LogP contribution in [-0.4, -0.2) is 28.7 Å². The number of nitrogens with zero attached hydrogens (tertiary/aromatic N) is 2. The van der Waals surface area contributed by atoms with Gasteiger partial charge in [-0.15, -0.1) is 0 Å². The van der Waals surface area contributed by atoms with Crippen molar-refractivity contribution in [3.8, 4) is 0 Å². The number of rotatable bonds is 1. The number of hydrogen-bond donors (Lipinski definition) is 2. The van der Waals surface area contributed by atoms with Crippen molar-refractivity contribution in [1.29, 1.82) is 0 Å². The van der Waals surface area contributed by atoms with Crippen LogP contribution in [0, 0.1) is 0 Å². The van der Waals surface area contributed by atoms with Gasteiger partial charge in [-0.3, -0.25) is 14.5 Å². The van der Waals surface area contributed by atoms with Crippen molar-refractivity contribution in [2.24, 2.45) is 4.99 Å². The summed E-state index contributed by atoms with van der Waals surface area (Å²) >= 11 is 0. The SMILES string of the molecule is O=c1[nH]c(C2=NCNC(C(F)(F)F)=C2)no1. The third kappa shape index (κ3) is 1.97. The molecule has 0 unspecified atom stereocenters. The van der Waals surface area contributed by atoms with Crippen LogP contribution in [0.4, 0.5) is 13.2 Å². The average Bonchev–Trinajstić information content (AvgIpc) is 2.64. The molecule has 0 atom stereocenters. The lowest BCUT2D eigenvalue weighted by Gasteiger charge is -2.16. The number of alkyl halides is 3. The molecule has 1 aliphatic rings. The monoisotopic (exact) mass is 234 g/mol. The van der Waals surface area contributed by atoms with Gasteiger partial charge in [-0.2, -0.15) is 13.2 Å². The van der Waals surface area contributed by atoms with Gasteiger partial charge in [0.15, 0.2) is 0 Å². The second kappa shape index (κ2) is 3.51. The molecule has 0 saturated heterocycles. The summed E-state index contributed by atoms with van der Waals surface area (Å²) in [5.41, 5.74) is -1.03. The largest absolute Gasteiger partial charge is 0.439 e. The normalized spacial score (nSPS) is 16.4. The predicted octanol–water partition coefficient (Wildman–Crippen LogP) is 0.159. The molecule has 0 aliphatic carbocycles. The zero-order valence-electron chi connectivity index (χ0n) is 7.63. The Morgan fingerprint density at radius 3 is 2.75 bits per heavy atom. The van der Waals surface area contributed by atoms with Crippen molar-refractivity contribution in [3.05, 3.63) is 28.1 Å². The summed E-state index contributed by atoms with van der Waals surface area (Å²) in [6, 6.07) is 0. The molecule has 0 bridgehead atoms. The summed E-state index contributed by atoms with van der Waals surface area (Å²) in [7, 11) is 0. The molecule has 0 saturated carbocycles. The lowest BCUT2D eigenvalue weighted by atomic mass is 10.2. The third-order valence-electron chi connectivity index (χ3n) is 1.79. The average molecular weight is 234 g/mol. The second-order valence-corrected chi connectivity index (χ2v) is 2.88. The molecular formula is C7H5F3N4O2. The molecule has 1 aromatic rings. The number of nitrogens with one attached hydrogen (secondary N) is 2.